The van der Waals surface area contributed by atoms with Crippen LogP contribution >= 0.6 is 12.6 Å². The predicted molar refractivity (Wildman–Crippen MR) is 50.9 cm³/mol. The Morgan fingerprint density at radius 2 is 1.73 bits per heavy atom. The third kappa shape index (κ3) is 4.30. The predicted octanol–water partition coefficient (Wildman–Crippen LogP) is 1.47. The molecule has 2 unspecified atom stereocenters. The molecule has 1 N–H and O–H groups in total. The molecule has 0 aromatic carbocycles. The van der Waals surface area contributed by atoms with Crippen LogP contribution in [-0.2, 0) is 4.79 Å². The summed E-state index contributed by atoms with van der Waals surface area (Å²) < 4.78 is 0. The molecule has 0 radical (unpaired) electrons. The van der Waals surface area contributed by atoms with Crippen LogP contribution in [0.15, 0.2) is 0 Å². The van der Waals surface area contributed by atoms with Crippen molar-refractivity contribution in [3.8, 4) is 0 Å². The first-order valence-electron chi connectivity index (χ1n) is 3.93. The lowest BCUT2D eigenvalue weighted by Gasteiger charge is -2.18. The molecular weight excluding hydrogens is 158 g/mol. The van der Waals surface area contributed by atoms with Gasteiger partial charge in [0.25, 0.3) is 0 Å². The molecule has 0 spiro atoms. The fourth-order valence-corrected chi connectivity index (χ4v) is 0.586. The maximum absolute atomic E-state index is 11.1. The molecule has 66 valence electrons. The highest BCUT2D eigenvalue weighted by Gasteiger charge is 2.13. The van der Waals surface area contributed by atoms with E-state index in [1.807, 2.05) is 6.92 Å². The zero-order chi connectivity index (χ0) is 9.02. The second kappa shape index (κ2) is 4.65. The van der Waals surface area contributed by atoms with Gasteiger partial charge in [-0.2, -0.15) is 12.6 Å². The topological polar surface area (TPSA) is 29.1 Å². The molecule has 3 heteroatoms. The number of carbonyl (C=O) groups excluding carboxylic acids is 1. The number of thiol groups is 1. The van der Waals surface area contributed by atoms with Gasteiger partial charge in [0, 0.05) is 6.04 Å². The monoisotopic (exact) mass is 175 g/mol. The van der Waals surface area contributed by atoms with Crippen LogP contribution in [0.2, 0.25) is 0 Å². The molecule has 0 aliphatic heterocycles. The van der Waals surface area contributed by atoms with E-state index in [2.05, 4.69) is 31.8 Å². The van der Waals surface area contributed by atoms with Crippen molar-refractivity contribution in [2.45, 2.75) is 39.0 Å². The number of hydrogen-bond donors (Lipinski definition) is 2. The van der Waals surface area contributed by atoms with E-state index in [1.54, 1.807) is 6.92 Å². The fourth-order valence-electron chi connectivity index (χ4n) is 0.512. The normalized spacial score (nSPS) is 16.2. The summed E-state index contributed by atoms with van der Waals surface area (Å²) in [6, 6.07) is 0.233. The van der Waals surface area contributed by atoms with Crippen LogP contribution in [0.3, 0.4) is 0 Å². The van der Waals surface area contributed by atoms with E-state index in [4.69, 9.17) is 0 Å². The lowest BCUT2D eigenvalue weighted by molar-refractivity contribution is -0.121. The van der Waals surface area contributed by atoms with Gasteiger partial charge < -0.3 is 5.32 Å². The number of hydrogen-bond acceptors (Lipinski definition) is 2. The third-order valence-electron chi connectivity index (χ3n) is 1.75. The van der Waals surface area contributed by atoms with Crippen molar-refractivity contribution >= 4 is 18.5 Å². The van der Waals surface area contributed by atoms with E-state index in [0.29, 0.717) is 5.92 Å². The Labute approximate surface area is 74.2 Å². The van der Waals surface area contributed by atoms with Crippen molar-refractivity contribution in [3.05, 3.63) is 0 Å². The highest BCUT2D eigenvalue weighted by Crippen LogP contribution is 2.01. The Kier molecular flexibility index (Phi) is 4.57. The molecule has 0 aliphatic rings. The average molecular weight is 175 g/mol. The summed E-state index contributed by atoms with van der Waals surface area (Å²) in [6.07, 6.45) is 0. The van der Waals surface area contributed by atoms with E-state index < -0.39 is 0 Å². The van der Waals surface area contributed by atoms with Crippen molar-refractivity contribution in [2.24, 2.45) is 5.92 Å². The molecule has 2 nitrogen and oxygen atoms in total. The summed E-state index contributed by atoms with van der Waals surface area (Å²) in [5, 5.41) is 2.65. The molecular formula is C8H17NOS. The van der Waals surface area contributed by atoms with Crippen molar-refractivity contribution in [1.82, 2.24) is 5.32 Å². The quantitative estimate of drug-likeness (QED) is 0.625. The molecule has 0 fully saturated rings. The van der Waals surface area contributed by atoms with Crippen LogP contribution in [0, 0.1) is 5.92 Å². The summed E-state index contributed by atoms with van der Waals surface area (Å²) in [6.45, 7) is 7.92. The molecule has 0 heterocycles. The zero-order valence-electron chi connectivity index (χ0n) is 7.59. The lowest BCUT2D eigenvalue weighted by atomic mass is 10.1. The summed E-state index contributed by atoms with van der Waals surface area (Å²) in [4.78, 5) is 11.1. The van der Waals surface area contributed by atoms with E-state index in [1.165, 1.54) is 0 Å². The van der Waals surface area contributed by atoms with Crippen molar-refractivity contribution in [1.29, 1.82) is 0 Å². The Bertz CT molecular complexity index is 134. The summed E-state index contributed by atoms with van der Waals surface area (Å²) >= 11 is 4.02. The van der Waals surface area contributed by atoms with Gasteiger partial charge in [-0.3, -0.25) is 4.79 Å². The van der Waals surface area contributed by atoms with Gasteiger partial charge in [-0.1, -0.05) is 13.8 Å². The highest BCUT2D eigenvalue weighted by molar-refractivity contribution is 7.81. The number of rotatable bonds is 3. The highest BCUT2D eigenvalue weighted by atomic mass is 32.1. The molecule has 0 aliphatic carbocycles. The molecule has 0 saturated carbocycles. The first-order valence-corrected chi connectivity index (χ1v) is 4.45. The smallest absolute Gasteiger partial charge is 0.232 e. The van der Waals surface area contributed by atoms with Crippen LogP contribution in [0.4, 0.5) is 0 Å². The molecule has 2 atom stereocenters. The number of amides is 1. The molecule has 0 rings (SSSR count). The first-order chi connectivity index (χ1) is 4.95. The second-order valence-electron chi connectivity index (χ2n) is 3.22. The van der Waals surface area contributed by atoms with Gasteiger partial charge in [-0.15, -0.1) is 0 Å². The van der Waals surface area contributed by atoms with Crippen LogP contribution in [-0.4, -0.2) is 17.2 Å². The Morgan fingerprint density at radius 3 is 2.00 bits per heavy atom. The molecule has 1 amide bonds. The summed E-state index contributed by atoms with van der Waals surface area (Å²) in [7, 11) is 0. The van der Waals surface area contributed by atoms with E-state index in [-0.39, 0.29) is 17.2 Å². The SMILES string of the molecule is CC(S)C(=O)NC(C)C(C)C. The zero-order valence-corrected chi connectivity index (χ0v) is 8.48. The summed E-state index contributed by atoms with van der Waals surface area (Å²) in [5.74, 6) is 0.487. The molecule has 11 heavy (non-hydrogen) atoms. The molecule has 0 saturated heterocycles. The van der Waals surface area contributed by atoms with Crippen LogP contribution in [0.1, 0.15) is 27.7 Å². The van der Waals surface area contributed by atoms with Crippen molar-refractivity contribution in [3.63, 3.8) is 0 Å². The van der Waals surface area contributed by atoms with Crippen molar-refractivity contribution < 1.29 is 4.79 Å². The van der Waals surface area contributed by atoms with Gasteiger partial charge in [-0.25, -0.2) is 0 Å². The molecule has 0 aromatic heterocycles. The number of nitrogens with one attached hydrogen (secondary N) is 1. The van der Waals surface area contributed by atoms with Gasteiger partial charge in [-0.05, 0) is 19.8 Å². The van der Waals surface area contributed by atoms with Gasteiger partial charge in [0.05, 0.1) is 5.25 Å². The van der Waals surface area contributed by atoms with E-state index >= 15 is 0 Å². The van der Waals surface area contributed by atoms with Crippen LogP contribution in [0.25, 0.3) is 0 Å². The Hall–Kier alpha value is -0.180. The maximum atomic E-state index is 11.1. The fraction of sp³-hybridized carbons (Fsp3) is 0.875. The van der Waals surface area contributed by atoms with Gasteiger partial charge in [0.1, 0.15) is 0 Å². The Balaban J connectivity index is 3.76. The lowest BCUT2D eigenvalue weighted by Crippen LogP contribution is -2.39. The second-order valence-corrected chi connectivity index (χ2v) is 3.99. The summed E-state index contributed by atoms with van der Waals surface area (Å²) in [5.41, 5.74) is 0. The minimum Gasteiger partial charge on any atom is -0.352 e. The minimum atomic E-state index is -0.212. The first kappa shape index (κ1) is 10.8. The van der Waals surface area contributed by atoms with E-state index in [0.717, 1.165) is 0 Å². The van der Waals surface area contributed by atoms with E-state index in [9.17, 15) is 4.79 Å². The molecule has 0 aromatic rings. The van der Waals surface area contributed by atoms with Crippen LogP contribution < -0.4 is 5.32 Å². The third-order valence-corrected chi connectivity index (χ3v) is 1.98. The standard InChI is InChI=1S/C8H17NOS/c1-5(2)6(3)9-8(10)7(4)11/h5-7,11H,1-4H3,(H,9,10). The number of carbonyl (C=O) groups is 1. The van der Waals surface area contributed by atoms with Crippen LogP contribution in [0.5, 0.6) is 0 Å². The van der Waals surface area contributed by atoms with Gasteiger partial charge in [0.2, 0.25) is 5.91 Å². The minimum absolute atomic E-state index is 0.00883. The largest absolute Gasteiger partial charge is 0.352 e. The maximum Gasteiger partial charge on any atom is 0.232 e. The average Bonchev–Trinajstić information content (AvgIpc) is 1.87. The Morgan fingerprint density at radius 1 is 1.27 bits per heavy atom. The van der Waals surface area contributed by atoms with Gasteiger partial charge in [0.15, 0.2) is 0 Å². The van der Waals surface area contributed by atoms with Crippen molar-refractivity contribution in [2.75, 3.05) is 0 Å². The van der Waals surface area contributed by atoms with Gasteiger partial charge >= 0.3 is 0 Å². The molecule has 0 bridgehead atoms.